The SMILES string of the molecule is CC(C)CC(=O)NC(C)(Cc1ccccc1)c1ccccc1. The maximum Gasteiger partial charge on any atom is 0.220 e. The van der Waals surface area contributed by atoms with Crippen LogP contribution in [0.4, 0.5) is 0 Å². The van der Waals surface area contributed by atoms with Gasteiger partial charge in [0.1, 0.15) is 0 Å². The van der Waals surface area contributed by atoms with Gasteiger partial charge in [0.25, 0.3) is 0 Å². The molecule has 0 saturated heterocycles. The number of rotatable bonds is 6. The van der Waals surface area contributed by atoms with Gasteiger partial charge < -0.3 is 5.32 Å². The van der Waals surface area contributed by atoms with E-state index in [0.717, 1.165) is 12.0 Å². The minimum atomic E-state index is -0.394. The Hall–Kier alpha value is -2.09. The third-order valence-electron chi connectivity index (χ3n) is 3.82. The lowest BCUT2D eigenvalue weighted by atomic mass is 9.85. The monoisotopic (exact) mass is 295 g/mol. The first kappa shape index (κ1) is 16.3. The quantitative estimate of drug-likeness (QED) is 0.845. The lowest BCUT2D eigenvalue weighted by Crippen LogP contribution is -2.45. The molecule has 2 heteroatoms. The smallest absolute Gasteiger partial charge is 0.220 e. The summed E-state index contributed by atoms with van der Waals surface area (Å²) in [4.78, 5) is 12.3. The summed E-state index contributed by atoms with van der Waals surface area (Å²) in [6.45, 7) is 6.24. The normalized spacial score (nSPS) is 13.6. The van der Waals surface area contributed by atoms with Crippen LogP contribution in [0.5, 0.6) is 0 Å². The zero-order valence-corrected chi connectivity index (χ0v) is 13.7. The highest BCUT2D eigenvalue weighted by Crippen LogP contribution is 2.26. The average Bonchev–Trinajstić information content (AvgIpc) is 2.48. The van der Waals surface area contributed by atoms with Crippen LogP contribution in [0.2, 0.25) is 0 Å². The van der Waals surface area contributed by atoms with Gasteiger partial charge >= 0.3 is 0 Å². The molecule has 2 rings (SSSR count). The van der Waals surface area contributed by atoms with Crippen molar-refractivity contribution in [2.24, 2.45) is 5.92 Å². The molecule has 2 nitrogen and oxygen atoms in total. The molecule has 0 aliphatic carbocycles. The second kappa shape index (κ2) is 7.26. The standard InChI is InChI=1S/C20H25NO/c1-16(2)14-19(22)21-20(3,18-12-8-5-9-13-18)15-17-10-6-4-7-11-17/h4-13,16H,14-15H2,1-3H3,(H,21,22). The predicted octanol–water partition coefficient (Wildman–Crippen LogP) is 4.31. The van der Waals surface area contributed by atoms with Crippen molar-refractivity contribution in [3.8, 4) is 0 Å². The van der Waals surface area contributed by atoms with Crippen LogP contribution in [0.1, 0.15) is 38.3 Å². The van der Waals surface area contributed by atoms with E-state index in [2.05, 4.69) is 50.4 Å². The molecule has 2 aromatic rings. The first-order chi connectivity index (χ1) is 10.5. The van der Waals surface area contributed by atoms with Gasteiger partial charge in [-0.1, -0.05) is 74.5 Å². The summed E-state index contributed by atoms with van der Waals surface area (Å²) in [5, 5.41) is 3.25. The Labute approximate surface area is 133 Å². The van der Waals surface area contributed by atoms with Crippen molar-refractivity contribution in [3.05, 3.63) is 71.8 Å². The Morgan fingerprint density at radius 3 is 2.09 bits per heavy atom. The molecule has 1 unspecified atom stereocenters. The van der Waals surface area contributed by atoms with Crippen molar-refractivity contribution in [3.63, 3.8) is 0 Å². The Morgan fingerprint density at radius 2 is 1.55 bits per heavy atom. The highest BCUT2D eigenvalue weighted by Gasteiger charge is 2.28. The lowest BCUT2D eigenvalue weighted by molar-refractivity contribution is -0.123. The van der Waals surface area contributed by atoms with Gasteiger partial charge in [-0.3, -0.25) is 4.79 Å². The molecular formula is C20H25NO. The van der Waals surface area contributed by atoms with E-state index in [1.165, 1.54) is 5.56 Å². The Kier molecular flexibility index (Phi) is 5.37. The molecule has 0 aromatic heterocycles. The van der Waals surface area contributed by atoms with Crippen molar-refractivity contribution < 1.29 is 4.79 Å². The maximum absolute atomic E-state index is 12.3. The molecule has 1 atom stereocenters. The van der Waals surface area contributed by atoms with Gasteiger partial charge in [-0.2, -0.15) is 0 Å². The fourth-order valence-corrected chi connectivity index (χ4v) is 2.76. The number of carbonyl (C=O) groups excluding carboxylic acids is 1. The highest BCUT2D eigenvalue weighted by molar-refractivity contribution is 5.77. The van der Waals surface area contributed by atoms with Crippen LogP contribution in [0.25, 0.3) is 0 Å². The van der Waals surface area contributed by atoms with Gasteiger partial charge in [0, 0.05) is 6.42 Å². The fourth-order valence-electron chi connectivity index (χ4n) is 2.76. The van der Waals surface area contributed by atoms with Crippen LogP contribution in [0.15, 0.2) is 60.7 Å². The van der Waals surface area contributed by atoms with Crippen molar-refractivity contribution in [1.82, 2.24) is 5.32 Å². The van der Waals surface area contributed by atoms with Crippen LogP contribution in [0.3, 0.4) is 0 Å². The summed E-state index contributed by atoms with van der Waals surface area (Å²) in [6.07, 6.45) is 1.33. The topological polar surface area (TPSA) is 29.1 Å². The molecule has 116 valence electrons. The van der Waals surface area contributed by atoms with E-state index in [-0.39, 0.29) is 5.91 Å². The van der Waals surface area contributed by atoms with Gasteiger partial charge in [-0.15, -0.1) is 0 Å². The summed E-state index contributed by atoms with van der Waals surface area (Å²) in [7, 11) is 0. The van der Waals surface area contributed by atoms with Gasteiger partial charge in [0.2, 0.25) is 5.91 Å². The average molecular weight is 295 g/mol. The van der Waals surface area contributed by atoms with Crippen molar-refractivity contribution in [2.45, 2.75) is 39.2 Å². The summed E-state index contributed by atoms with van der Waals surface area (Å²) >= 11 is 0. The minimum absolute atomic E-state index is 0.109. The van der Waals surface area contributed by atoms with Crippen LogP contribution in [-0.4, -0.2) is 5.91 Å². The van der Waals surface area contributed by atoms with Crippen LogP contribution in [-0.2, 0) is 16.8 Å². The van der Waals surface area contributed by atoms with E-state index in [1.54, 1.807) is 0 Å². The number of hydrogen-bond donors (Lipinski definition) is 1. The van der Waals surface area contributed by atoms with Gasteiger partial charge in [-0.25, -0.2) is 0 Å². The Balaban J connectivity index is 2.26. The molecule has 1 amide bonds. The number of amides is 1. The molecule has 0 heterocycles. The van der Waals surface area contributed by atoms with Gasteiger partial charge in [0.05, 0.1) is 5.54 Å². The second-order valence-corrected chi connectivity index (χ2v) is 6.51. The molecular weight excluding hydrogens is 270 g/mol. The molecule has 0 fully saturated rings. The molecule has 0 spiro atoms. The third kappa shape index (κ3) is 4.45. The highest BCUT2D eigenvalue weighted by atomic mass is 16.1. The number of nitrogens with one attached hydrogen (secondary N) is 1. The molecule has 22 heavy (non-hydrogen) atoms. The van der Waals surface area contributed by atoms with Crippen LogP contribution in [0, 0.1) is 5.92 Å². The summed E-state index contributed by atoms with van der Waals surface area (Å²) in [6, 6.07) is 20.5. The maximum atomic E-state index is 12.3. The molecule has 0 saturated carbocycles. The summed E-state index contributed by atoms with van der Waals surface area (Å²) < 4.78 is 0. The molecule has 2 aromatic carbocycles. The summed E-state index contributed by atoms with van der Waals surface area (Å²) in [5.41, 5.74) is 1.96. The molecule has 0 aliphatic rings. The van der Waals surface area contributed by atoms with Crippen LogP contribution < -0.4 is 5.32 Å². The molecule has 0 radical (unpaired) electrons. The minimum Gasteiger partial charge on any atom is -0.347 e. The largest absolute Gasteiger partial charge is 0.347 e. The van der Waals surface area contributed by atoms with E-state index < -0.39 is 5.54 Å². The van der Waals surface area contributed by atoms with Crippen LogP contribution >= 0.6 is 0 Å². The lowest BCUT2D eigenvalue weighted by Gasteiger charge is -2.32. The fraction of sp³-hybridized carbons (Fsp3) is 0.350. The molecule has 0 aliphatic heterocycles. The molecule has 1 N–H and O–H groups in total. The van der Waals surface area contributed by atoms with E-state index in [4.69, 9.17) is 0 Å². The van der Waals surface area contributed by atoms with E-state index in [9.17, 15) is 4.79 Å². The third-order valence-corrected chi connectivity index (χ3v) is 3.82. The van der Waals surface area contributed by atoms with Gasteiger partial charge in [0.15, 0.2) is 0 Å². The van der Waals surface area contributed by atoms with E-state index in [1.807, 2.05) is 36.4 Å². The Bertz CT molecular complexity index is 592. The number of carbonyl (C=O) groups is 1. The summed E-state index contributed by atoms with van der Waals surface area (Å²) in [5.74, 6) is 0.467. The Morgan fingerprint density at radius 1 is 1.00 bits per heavy atom. The number of hydrogen-bond acceptors (Lipinski definition) is 1. The van der Waals surface area contributed by atoms with E-state index in [0.29, 0.717) is 12.3 Å². The first-order valence-electron chi connectivity index (χ1n) is 7.90. The van der Waals surface area contributed by atoms with Crippen molar-refractivity contribution in [2.75, 3.05) is 0 Å². The zero-order valence-electron chi connectivity index (χ0n) is 13.7. The predicted molar refractivity (Wildman–Crippen MR) is 91.5 cm³/mol. The van der Waals surface area contributed by atoms with Crippen molar-refractivity contribution >= 4 is 5.91 Å². The van der Waals surface area contributed by atoms with Gasteiger partial charge in [-0.05, 0) is 30.4 Å². The zero-order chi connectivity index (χ0) is 16.0. The van der Waals surface area contributed by atoms with Crippen molar-refractivity contribution in [1.29, 1.82) is 0 Å². The van der Waals surface area contributed by atoms with E-state index >= 15 is 0 Å². The second-order valence-electron chi connectivity index (χ2n) is 6.51. The first-order valence-corrected chi connectivity index (χ1v) is 7.90. The number of benzene rings is 2. The molecule has 0 bridgehead atoms.